The number of hydrogen-bond acceptors (Lipinski definition) is 4. The van der Waals surface area contributed by atoms with Crippen LogP contribution < -0.4 is 0 Å². The number of nitrogens with zero attached hydrogens (tertiary/aromatic N) is 1. The van der Waals surface area contributed by atoms with E-state index in [9.17, 15) is 14.9 Å². The van der Waals surface area contributed by atoms with Crippen molar-refractivity contribution in [1.82, 2.24) is 0 Å². The molecule has 6 heteroatoms. The number of nitro groups is 1. The molecule has 0 saturated heterocycles. The minimum Gasteiger partial charge on any atom is -0.462 e. The summed E-state index contributed by atoms with van der Waals surface area (Å²) >= 11 is 5.63. The van der Waals surface area contributed by atoms with Crippen LogP contribution in [0.5, 0.6) is 0 Å². The van der Waals surface area contributed by atoms with Gasteiger partial charge >= 0.3 is 5.97 Å². The lowest BCUT2D eigenvalue weighted by atomic mass is 10.0. The third-order valence-corrected chi connectivity index (χ3v) is 2.55. The van der Waals surface area contributed by atoms with Crippen LogP contribution in [0.3, 0.4) is 0 Å². The maximum Gasteiger partial charge on any atom is 0.338 e. The van der Waals surface area contributed by atoms with E-state index in [0.717, 1.165) is 0 Å². The molecular formula is C11H12ClNO4. The third kappa shape index (κ3) is 2.94. The smallest absolute Gasteiger partial charge is 0.338 e. The summed E-state index contributed by atoms with van der Waals surface area (Å²) in [5.74, 6) is -0.519. The molecule has 92 valence electrons. The van der Waals surface area contributed by atoms with Crippen molar-refractivity contribution in [2.24, 2.45) is 0 Å². The summed E-state index contributed by atoms with van der Waals surface area (Å²) in [6.45, 7) is 3.57. The fourth-order valence-electron chi connectivity index (χ4n) is 1.44. The molecule has 0 aromatic heterocycles. The Bertz CT molecular complexity index is 459. The van der Waals surface area contributed by atoms with Crippen molar-refractivity contribution in [2.45, 2.75) is 19.7 Å². The number of aryl methyl sites for hydroxylation is 1. The van der Waals surface area contributed by atoms with Gasteiger partial charge in [0.2, 0.25) is 0 Å². The van der Waals surface area contributed by atoms with Gasteiger partial charge in [0.1, 0.15) is 0 Å². The second-order valence-corrected chi connectivity index (χ2v) is 3.67. The normalized spacial score (nSPS) is 10.1. The van der Waals surface area contributed by atoms with E-state index < -0.39 is 10.9 Å². The van der Waals surface area contributed by atoms with Gasteiger partial charge in [-0.2, -0.15) is 0 Å². The van der Waals surface area contributed by atoms with Gasteiger partial charge in [-0.05, 0) is 25.5 Å². The van der Waals surface area contributed by atoms with Gasteiger partial charge in [0.25, 0.3) is 5.69 Å². The highest BCUT2D eigenvalue weighted by Crippen LogP contribution is 2.25. The highest BCUT2D eigenvalue weighted by molar-refractivity contribution is 6.17. The zero-order valence-electron chi connectivity index (χ0n) is 9.53. The Morgan fingerprint density at radius 1 is 1.53 bits per heavy atom. The molecule has 1 aromatic rings. The lowest BCUT2D eigenvalue weighted by molar-refractivity contribution is -0.385. The largest absolute Gasteiger partial charge is 0.462 e. The Morgan fingerprint density at radius 3 is 2.65 bits per heavy atom. The van der Waals surface area contributed by atoms with Crippen molar-refractivity contribution in [3.05, 3.63) is 38.9 Å². The topological polar surface area (TPSA) is 69.4 Å². The van der Waals surface area contributed by atoms with E-state index in [1.165, 1.54) is 12.1 Å². The van der Waals surface area contributed by atoms with Crippen molar-refractivity contribution in [2.75, 3.05) is 6.61 Å². The highest BCUT2D eigenvalue weighted by Gasteiger charge is 2.19. The number of carbonyl (C=O) groups is 1. The summed E-state index contributed by atoms with van der Waals surface area (Å²) in [6.07, 6.45) is 0. The summed E-state index contributed by atoms with van der Waals surface area (Å²) in [4.78, 5) is 21.8. The van der Waals surface area contributed by atoms with Crippen LogP contribution in [0.4, 0.5) is 5.69 Å². The Kier molecular flexibility index (Phi) is 4.45. The zero-order chi connectivity index (χ0) is 13.0. The lowest BCUT2D eigenvalue weighted by Crippen LogP contribution is -2.08. The minimum atomic E-state index is -0.514. The summed E-state index contributed by atoms with van der Waals surface area (Å²) in [5.41, 5.74) is 1.05. The van der Waals surface area contributed by atoms with Gasteiger partial charge in [-0.1, -0.05) is 0 Å². The van der Waals surface area contributed by atoms with Gasteiger partial charge in [0, 0.05) is 11.6 Å². The van der Waals surface area contributed by atoms with Crippen molar-refractivity contribution in [1.29, 1.82) is 0 Å². The highest BCUT2D eigenvalue weighted by atomic mass is 35.5. The van der Waals surface area contributed by atoms with E-state index in [1.807, 2.05) is 0 Å². The number of benzene rings is 1. The van der Waals surface area contributed by atoms with E-state index in [-0.39, 0.29) is 18.2 Å². The van der Waals surface area contributed by atoms with Gasteiger partial charge in [0.15, 0.2) is 0 Å². The first-order chi connectivity index (χ1) is 8.01. The van der Waals surface area contributed by atoms with Gasteiger partial charge < -0.3 is 4.74 Å². The maximum atomic E-state index is 11.6. The molecule has 0 aliphatic rings. The number of nitro benzene ring substituents is 1. The molecule has 0 heterocycles. The number of rotatable bonds is 4. The third-order valence-electron chi connectivity index (χ3n) is 2.26. The van der Waals surface area contributed by atoms with E-state index in [2.05, 4.69) is 0 Å². The maximum absolute atomic E-state index is 11.6. The van der Waals surface area contributed by atoms with Crippen LogP contribution in [0, 0.1) is 17.0 Å². The molecule has 0 atom stereocenters. The molecule has 0 aliphatic heterocycles. The first-order valence-corrected chi connectivity index (χ1v) is 5.55. The number of halogens is 1. The predicted molar refractivity (Wildman–Crippen MR) is 63.3 cm³/mol. The van der Waals surface area contributed by atoms with Crippen molar-refractivity contribution in [3.63, 3.8) is 0 Å². The van der Waals surface area contributed by atoms with Crippen LogP contribution in [0.2, 0.25) is 0 Å². The van der Waals surface area contributed by atoms with Gasteiger partial charge in [-0.3, -0.25) is 10.1 Å². The fraction of sp³-hybridized carbons (Fsp3) is 0.364. The number of esters is 1. The number of ether oxygens (including phenoxy) is 1. The first-order valence-electron chi connectivity index (χ1n) is 5.02. The molecule has 5 nitrogen and oxygen atoms in total. The quantitative estimate of drug-likeness (QED) is 0.360. The van der Waals surface area contributed by atoms with Crippen molar-refractivity contribution < 1.29 is 14.5 Å². The van der Waals surface area contributed by atoms with Crippen LogP contribution in [-0.4, -0.2) is 17.5 Å². The Labute approximate surface area is 103 Å². The van der Waals surface area contributed by atoms with Crippen molar-refractivity contribution in [3.8, 4) is 0 Å². The Hall–Kier alpha value is -1.62. The van der Waals surface area contributed by atoms with Crippen LogP contribution in [0.15, 0.2) is 12.1 Å². The summed E-state index contributed by atoms with van der Waals surface area (Å²) in [5, 5.41) is 10.8. The van der Waals surface area contributed by atoms with Gasteiger partial charge in [0.05, 0.1) is 23.0 Å². The molecular weight excluding hydrogens is 246 g/mol. The van der Waals surface area contributed by atoms with E-state index in [4.69, 9.17) is 16.3 Å². The van der Waals surface area contributed by atoms with Crippen molar-refractivity contribution >= 4 is 23.3 Å². The number of carbonyl (C=O) groups excluding carboxylic acids is 1. The standard InChI is InChI=1S/C11H12ClNO4/c1-3-17-11(14)9-5-8(6-12)10(13(15)16)4-7(9)2/h4-5H,3,6H2,1-2H3. The molecule has 0 amide bonds. The van der Waals surface area contributed by atoms with Gasteiger partial charge in [-0.15, -0.1) is 11.6 Å². The lowest BCUT2D eigenvalue weighted by Gasteiger charge is -2.07. The second kappa shape index (κ2) is 5.63. The average Bonchev–Trinajstić information content (AvgIpc) is 2.28. The molecule has 1 aromatic carbocycles. The molecule has 0 aliphatic carbocycles. The Morgan fingerprint density at radius 2 is 2.18 bits per heavy atom. The van der Waals surface area contributed by atoms with Crippen LogP contribution in [-0.2, 0) is 10.6 Å². The molecule has 17 heavy (non-hydrogen) atoms. The van der Waals surface area contributed by atoms with Crippen LogP contribution in [0.1, 0.15) is 28.4 Å². The average molecular weight is 258 g/mol. The molecule has 0 saturated carbocycles. The van der Waals surface area contributed by atoms with E-state index in [0.29, 0.717) is 16.7 Å². The second-order valence-electron chi connectivity index (χ2n) is 3.41. The molecule has 0 unspecified atom stereocenters. The van der Waals surface area contributed by atoms with Gasteiger partial charge in [-0.25, -0.2) is 4.79 Å². The minimum absolute atomic E-state index is 0.0248. The summed E-state index contributed by atoms with van der Waals surface area (Å²) < 4.78 is 4.86. The molecule has 0 spiro atoms. The monoisotopic (exact) mass is 257 g/mol. The number of alkyl halides is 1. The summed E-state index contributed by atoms with van der Waals surface area (Å²) in [6, 6.07) is 2.75. The fourth-order valence-corrected chi connectivity index (χ4v) is 1.66. The summed E-state index contributed by atoms with van der Waals surface area (Å²) in [7, 11) is 0. The van der Waals surface area contributed by atoms with E-state index >= 15 is 0 Å². The van der Waals surface area contributed by atoms with E-state index in [1.54, 1.807) is 13.8 Å². The first kappa shape index (κ1) is 13.4. The molecule has 0 fully saturated rings. The zero-order valence-corrected chi connectivity index (χ0v) is 10.3. The predicted octanol–water partition coefficient (Wildman–Crippen LogP) is 2.82. The Balaban J connectivity index is 3.27. The molecule has 0 N–H and O–H groups in total. The number of hydrogen-bond donors (Lipinski definition) is 0. The molecule has 1 rings (SSSR count). The molecule has 0 radical (unpaired) electrons. The SMILES string of the molecule is CCOC(=O)c1cc(CCl)c([N+](=O)[O-])cc1C. The van der Waals surface area contributed by atoms with Crippen LogP contribution in [0.25, 0.3) is 0 Å². The van der Waals surface area contributed by atoms with Crippen LogP contribution >= 0.6 is 11.6 Å². The molecule has 0 bridgehead atoms.